The average molecular weight is 175 g/mol. The van der Waals surface area contributed by atoms with Crippen LogP contribution in [0.4, 0.5) is 0 Å². The summed E-state index contributed by atoms with van der Waals surface area (Å²) >= 11 is 0. The molecule has 0 aliphatic rings. The van der Waals surface area contributed by atoms with Crippen LogP contribution in [-0.4, -0.2) is 25.6 Å². The van der Waals surface area contributed by atoms with Crippen LogP contribution in [0.2, 0.25) is 0 Å². The Labute approximate surface area is 75.2 Å². The van der Waals surface area contributed by atoms with E-state index >= 15 is 0 Å². The molecule has 0 spiro atoms. The van der Waals surface area contributed by atoms with Crippen molar-refractivity contribution in [3.8, 4) is 0 Å². The number of nitrogens with one attached hydrogen (secondary N) is 1. The van der Waals surface area contributed by atoms with E-state index in [9.17, 15) is 0 Å². The van der Waals surface area contributed by atoms with E-state index in [1.54, 1.807) is 6.20 Å². The normalized spacial score (nSPS) is 10.2. The SMILES string of the molecule is Cc1cccnc1Cc1nn[nH]n1. The Hall–Kier alpha value is -1.78. The summed E-state index contributed by atoms with van der Waals surface area (Å²) in [5, 5.41) is 13.6. The van der Waals surface area contributed by atoms with Crippen molar-refractivity contribution in [1.29, 1.82) is 0 Å². The highest BCUT2D eigenvalue weighted by atomic mass is 15.5. The van der Waals surface area contributed by atoms with E-state index in [4.69, 9.17) is 0 Å². The summed E-state index contributed by atoms with van der Waals surface area (Å²) in [6, 6.07) is 3.93. The highest BCUT2D eigenvalue weighted by Gasteiger charge is 2.03. The minimum absolute atomic E-state index is 0.628. The van der Waals surface area contributed by atoms with E-state index in [1.165, 1.54) is 0 Å². The lowest BCUT2D eigenvalue weighted by Crippen LogP contribution is -1.96. The Morgan fingerprint density at radius 3 is 3.08 bits per heavy atom. The molecule has 0 radical (unpaired) electrons. The van der Waals surface area contributed by atoms with Gasteiger partial charge in [-0.3, -0.25) is 4.98 Å². The minimum Gasteiger partial charge on any atom is -0.261 e. The van der Waals surface area contributed by atoms with Crippen LogP contribution < -0.4 is 0 Å². The Morgan fingerprint density at radius 2 is 2.38 bits per heavy atom. The first-order valence-electron chi connectivity index (χ1n) is 3.99. The van der Waals surface area contributed by atoms with Crippen molar-refractivity contribution in [2.24, 2.45) is 0 Å². The number of nitrogens with zero attached hydrogens (tertiary/aromatic N) is 4. The van der Waals surface area contributed by atoms with Gasteiger partial charge in [0.15, 0.2) is 5.82 Å². The molecule has 0 saturated carbocycles. The van der Waals surface area contributed by atoms with Gasteiger partial charge in [0.25, 0.3) is 0 Å². The molecule has 0 aliphatic heterocycles. The second kappa shape index (κ2) is 3.30. The molecule has 5 nitrogen and oxygen atoms in total. The number of rotatable bonds is 2. The molecule has 2 rings (SSSR count). The fourth-order valence-electron chi connectivity index (χ4n) is 1.11. The highest BCUT2D eigenvalue weighted by molar-refractivity contribution is 5.20. The van der Waals surface area contributed by atoms with E-state index in [-0.39, 0.29) is 0 Å². The molecular weight excluding hydrogens is 166 g/mol. The molecule has 13 heavy (non-hydrogen) atoms. The van der Waals surface area contributed by atoms with Crippen molar-refractivity contribution in [3.63, 3.8) is 0 Å². The van der Waals surface area contributed by atoms with Gasteiger partial charge in [-0.1, -0.05) is 11.3 Å². The fraction of sp³-hybridized carbons (Fsp3) is 0.250. The van der Waals surface area contributed by atoms with Gasteiger partial charge >= 0.3 is 0 Å². The fourth-order valence-corrected chi connectivity index (χ4v) is 1.11. The number of pyridine rings is 1. The van der Waals surface area contributed by atoms with Crippen LogP contribution in [0.15, 0.2) is 18.3 Å². The molecule has 0 bridgehead atoms. The largest absolute Gasteiger partial charge is 0.261 e. The van der Waals surface area contributed by atoms with Crippen LogP contribution in [0.5, 0.6) is 0 Å². The van der Waals surface area contributed by atoms with Crippen molar-refractivity contribution in [2.45, 2.75) is 13.3 Å². The molecule has 0 unspecified atom stereocenters. The highest BCUT2D eigenvalue weighted by Crippen LogP contribution is 2.06. The molecule has 1 N–H and O–H groups in total. The van der Waals surface area contributed by atoms with E-state index in [1.807, 2.05) is 19.1 Å². The van der Waals surface area contributed by atoms with E-state index in [2.05, 4.69) is 25.6 Å². The second-order valence-corrected chi connectivity index (χ2v) is 2.77. The first-order chi connectivity index (χ1) is 6.36. The number of aromatic nitrogens is 5. The maximum atomic E-state index is 4.23. The second-order valence-electron chi connectivity index (χ2n) is 2.77. The lowest BCUT2D eigenvalue weighted by atomic mass is 10.1. The van der Waals surface area contributed by atoms with Crippen LogP contribution in [0, 0.1) is 6.92 Å². The summed E-state index contributed by atoms with van der Waals surface area (Å²) in [5.74, 6) is 0.668. The van der Waals surface area contributed by atoms with Gasteiger partial charge in [0.05, 0.1) is 12.1 Å². The summed E-state index contributed by atoms with van der Waals surface area (Å²) in [6.07, 6.45) is 2.39. The first kappa shape index (κ1) is 7.85. The zero-order valence-corrected chi connectivity index (χ0v) is 7.23. The van der Waals surface area contributed by atoms with Crippen molar-refractivity contribution >= 4 is 0 Å². The lowest BCUT2D eigenvalue weighted by molar-refractivity contribution is 0.881. The van der Waals surface area contributed by atoms with Gasteiger partial charge in [-0.25, -0.2) is 0 Å². The Balaban J connectivity index is 2.24. The van der Waals surface area contributed by atoms with Gasteiger partial charge in [0, 0.05) is 6.20 Å². The molecule has 0 fully saturated rings. The van der Waals surface area contributed by atoms with Gasteiger partial charge in [0.2, 0.25) is 0 Å². The van der Waals surface area contributed by atoms with Gasteiger partial charge in [-0.15, -0.1) is 10.2 Å². The van der Waals surface area contributed by atoms with Crippen LogP contribution in [-0.2, 0) is 6.42 Å². The summed E-state index contributed by atoms with van der Waals surface area (Å²) < 4.78 is 0. The lowest BCUT2D eigenvalue weighted by Gasteiger charge is -1.99. The molecule has 0 atom stereocenters. The topological polar surface area (TPSA) is 67.3 Å². The monoisotopic (exact) mass is 175 g/mol. The summed E-state index contributed by atoms with van der Waals surface area (Å²) in [7, 11) is 0. The number of tetrazole rings is 1. The Kier molecular flexibility index (Phi) is 1.99. The third-order valence-electron chi connectivity index (χ3n) is 1.83. The zero-order chi connectivity index (χ0) is 9.10. The molecule has 0 aliphatic carbocycles. The van der Waals surface area contributed by atoms with E-state index in [0.29, 0.717) is 12.2 Å². The molecule has 5 heteroatoms. The zero-order valence-electron chi connectivity index (χ0n) is 7.23. The van der Waals surface area contributed by atoms with Crippen LogP contribution in [0.3, 0.4) is 0 Å². The molecule has 2 aromatic rings. The molecule has 66 valence electrons. The van der Waals surface area contributed by atoms with Crippen LogP contribution >= 0.6 is 0 Å². The third kappa shape index (κ3) is 1.69. The van der Waals surface area contributed by atoms with Gasteiger partial charge in [-0.2, -0.15) is 5.21 Å². The maximum absolute atomic E-state index is 4.23. The quantitative estimate of drug-likeness (QED) is 0.721. The molecule has 2 aromatic heterocycles. The Morgan fingerprint density at radius 1 is 1.46 bits per heavy atom. The minimum atomic E-state index is 0.628. The number of H-pyrrole nitrogens is 1. The number of hydrogen-bond donors (Lipinski definition) is 1. The standard InChI is InChI=1S/C8H9N5/c1-6-3-2-4-9-7(6)5-8-10-12-13-11-8/h2-4H,5H2,1H3,(H,10,11,12,13). The first-order valence-corrected chi connectivity index (χ1v) is 3.99. The number of aryl methyl sites for hydroxylation is 1. The van der Waals surface area contributed by atoms with Gasteiger partial charge in [0.1, 0.15) is 0 Å². The molecule has 2 heterocycles. The summed E-state index contributed by atoms with van der Waals surface area (Å²) in [6.45, 7) is 2.02. The molecule has 0 amide bonds. The van der Waals surface area contributed by atoms with Crippen LogP contribution in [0.25, 0.3) is 0 Å². The summed E-state index contributed by atoms with van der Waals surface area (Å²) in [4.78, 5) is 4.23. The predicted molar refractivity (Wildman–Crippen MR) is 46.0 cm³/mol. The van der Waals surface area contributed by atoms with Crippen molar-refractivity contribution in [2.75, 3.05) is 0 Å². The van der Waals surface area contributed by atoms with E-state index < -0.39 is 0 Å². The number of hydrogen-bond acceptors (Lipinski definition) is 4. The predicted octanol–water partition coefficient (Wildman–Crippen LogP) is 0.494. The van der Waals surface area contributed by atoms with Crippen LogP contribution in [0.1, 0.15) is 17.1 Å². The van der Waals surface area contributed by atoms with Crippen molar-refractivity contribution < 1.29 is 0 Å². The molecular formula is C8H9N5. The van der Waals surface area contributed by atoms with E-state index in [0.717, 1.165) is 11.3 Å². The third-order valence-corrected chi connectivity index (χ3v) is 1.83. The smallest absolute Gasteiger partial charge is 0.180 e. The van der Waals surface area contributed by atoms with Gasteiger partial charge < -0.3 is 0 Å². The van der Waals surface area contributed by atoms with Crippen molar-refractivity contribution in [3.05, 3.63) is 35.4 Å². The molecule has 0 saturated heterocycles. The summed E-state index contributed by atoms with van der Waals surface area (Å²) in [5.41, 5.74) is 2.14. The average Bonchev–Trinajstić information content (AvgIpc) is 2.61. The van der Waals surface area contributed by atoms with Gasteiger partial charge in [-0.05, 0) is 18.6 Å². The van der Waals surface area contributed by atoms with Crippen molar-refractivity contribution in [1.82, 2.24) is 25.6 Å². The molecule has 0 aromatic carbocycles. The maximum Gasteiger partial charge on any atom is 0.180 e. The number of aromatic amines is 1. The Bertz CT molecular complexity index is 381.